The van der Waals surface area contributed by atoms with E-state index in [4.69, 9.17) is 0 Å². The summed E-state index contributed by atoms with van der Waals surface area (Å²) in [5.74, 6) is -1.82. The van der Waals surface area contributed by atoms with Gasteiger partial charge in [-0.3, -0.25) is 9.59 Å². The van der Waals surface area contributed by atoms with E-state index in [1.165, 1.54) is 0 Å². The Kier molecular flexibility index (Phi) is 7.20. The Morgan fingerprint density at radius 3 is 2.65 bits per heavy atom. The first kappa shape index (κ1) is 19.5. The summed E-state index contributed by atoms with van der Waals surface area (Å²) in [6.45, 7) is 1.83. The van der Waals surface area contributed by atoms with Crippen molar-refractivity contribution in [1.82, 2.24) is 15.6 Å². The summed E-state index contributed by atoms with van der Waals surface area (Å²) in [5.41, 5.74) is 1.73. The average molecular weight is 359 g/mol. The van der Waals surface area contributed by atoms with Gasteiger partial charge in [-0.2, -0.15) is 0 Å². The molecule has 26 heavy (non-hydrogen) atoms. The molecule has 0 bridgehead atoms. The molecule has 140 valence electrons. The van der Waals surface area contributed by atoms with Crippen LogP contribution < -0.4 is 10.6 Å². The van der Waals surface area contributed by atoms with Crippen LogP contribution in [0.2, 0.25) is 0 Å². The van der Waals surface area contributed by atoms with Gasteiger partial charge in [-0.25, -0.2) is 4.79 Å². The van der Waals surface area contributed by atoms with Gasteiger partial charge in [-0.1, -0.05) is 38.0 Å². The Labute approximate surface area is 152 Å². The van der Waals surface area contributed by atoms with Crippen molar-refractivity contribution in [3.8, 4) is 0 Å². The minimum absolute atomic E-state index is 0.162. The zero-order valence-electron chi connectivity index (χ0n) is 14.9. The van der Waals surface area contributed by atoms with E-state index in [2.05, 4.69) is 15.6 Å². The molecule has 0 aliphatic carbocycles. The fourth-order valence-corrected chi connectivity index (χ4v) is 2.77. The van der Waals surface area contributed by atoms with E-state index in [1.807, 2.05) is 31.2 Å². The van der Waals surface area contributed by atoms with Crippen LogP contribution in [0.25, 0.3) is 10.9 Å². The normalized spacial score (nSPS) is 11.9. The fourth-order valence-electron chi connectivity index (χ4n) is 2.77. The number of aliphatic carboxylic acids is 1. The highest BCUT2D eigenvalue weighted by Gasteiger charge is 2.22. The molecule has 2 amide bonds. The van der Waals surface area contributed by atoms with Gasteiger partial charge in [-0.05, 0) is 18.1 Å². The maximum absolute atomic E-state index is 12.0. The number of para-hydroxylation sites is 1. The lowest BCUT2D eigenvalue weighted by Gasteiger charge is -2.14. The summed E-state index contributed by atoms with van der Waals surface area (Å²) in [6.07, 6.45) is 5.05. The number of hydrogen-bond acceptors (Lipinski definition) is 3. The van der Waals surface area contributed by atoms with Crippen molar-refractivity contribution in [2.24, 2.45) is 0 Å². The number of carboxylic acids is 1. The highest BCUT2D eigenvalue weighted by Crippen LogP contribution is 2.19. The van der Waals surface area contributed by atoms with Crippen LogP contribution in [0.1, 0.15) is 38.2 Å². The minimum atomic E-state index is -1.11. The zero-order chi connectivity index (χ0) is 18.9. The molecule has 0 aliphatic heterocycles. The first-order chi connectivity index (χ1) is 12.5. The molecule has 1 atom stereocenters. The van der Waals surface area contributed by atoms with E-state index < -0.39 is 17.9 Å². The molecule has 4 N–H and O–H groups in total. The van der Waals surface area contributed by atoms with Crippen LogP contribution in [0.5, 0.6) is 0 Å². The first-order valence-electron chi connectivity index (χ1n) is 8.85. The lowest BCUT2D eigenvalue weighted by Crippen LogP contribution is -2.46. The second-order valence-electron chi connectivity index (χ2n) is 6.26. The van der Waals surface area contributed by atoms with Gasteiger partial charge in [0.1, 0.15) is 6.04 Å². The fraction of sp³-hybridized carbons (Fsp3) is 0.421. The van der Waals surface area contributed by atoms with E-state index in [9.17, 15) is 19.5 Å². The van der Waals surface area contributed by atoms with Crippen molar-refractivity contribution in [2.45, 2.75) is 45.1 Å². The number of unbranched alkanes of at least 4 members (excludes halogenated alkanes) is 2. The molecule has 7 nitrogen and oxygen atoms in total. The molecule has 2 aromatic rings. The average Bonchev–Trinajstić information content (AvgIpc) is 3.03. The lowest BCUT2D eigenvalue weighted by atomic mass is 10.0. The highest BCUT2D eigenvalue weighted by molar-refractivity contribution is 5.89. The Bertz CT molecular complexity index is 769. The zero-order valence-corrected chi connectivity index (χ0v) is 14.9. The number of amides is 2. The van der Waals surface area contributed by atoms with Crippen LogP contribution >= 0.6 is 0 Å². The monoisotopic (exact) mass is 359 g/mol. The smallest absolute Gasteiger partial charge is 0.326 e. The molecule has 2 rings (SSSR count). The Morgan fingerprint density at radius 1 is 1.15 bits per heavy atom. The summed E-state index contributed by atoms with van der Waals surface area (Å²) in [5, 5.41) is 15.3. The summed E-state index contributed by atoms with van der Waals surface area (Å²) < 4.78 is 0. The topological polar surface area (TPSA) is 111 Å². The van der Waals surface area contributed by atoms with Crippen molar-refractivity contribution < 1.29 is 19.5 Å². The van der Waals surface area contributed by atoms with Gasteiger partial charge < -0.3 is 20.7 Å². The second-order valence-corrected chi connectivity index (χ2v) is 6.26. The largest absolute Gasteiger partial charge is 0.480 e. The number of H-pyrrole nitrogens is 1. The SMILES string of the molecule is CCCCCC(=O)NCC(=O)N[C@@H](Cc1c[nH]c2ccccc12)C(=O)O. The van der Waals surface area contributed by atoms with Gasteiger partial charge in [0, 0.05) is 29.9 Å². The Hall–Kier alpha value is -2.83. The van der Waals surface area contributed by atoms with Gasteiger partial charge in [0.15, 0.2) is 0 Å². The number of aromatic nitrogens is 1. The van der Waals surface area contributed by atoms with E-state index in [0.717, 1.165) is 35.7 Å². The third-order valence-corrected chi connectivity index (χ3v) is 4.19. The molecule has 0 saturated carbocycles. The van der Waals surface area contributed by atoms with Crippen LogP contribution in [-0.4, -0.2) is 40.5 Å². The van der Waals surface area contributed by atoms with Crippen LogP contribution in [0, 0.1) is 0 Å². The summed E-state index contributed by atoms with van der Waals surface area (Å²) >= 11 is 0. The summed E-state index contributed by atoms with van der Waals surface area (Å²) in [4.78, 5) is 38.2. The van der Waals surface area contributed by atoms with Crippen molar-refractivity contribution in [1.29, 1.82) is 0 Å². The van der Waals surface area contributed by atoms with E-state index in [1.54, 1.807) is 6.20 Å². The summed E-state index contributed by atoms with van der Waals surface area (Å²) in [6, 6.07) is 6.52. The van der Waals surface area contributed by atoms with Gasteiger partial charge >= 0.3 is 5.97 Å². The number of carboxylic acid groups (broad SMARTS) is 1. The number of carbonyl (C=O) groups excluding carboxylic acids is 2. The molecule has 0 unspecified atom stereocenters. The second kappa shape index (κ2) is 9.60. The van der Waals surface area contributed by atoms with Gasteiger partial charge in [0.05, 0.1) is 6.54 Å². The number of nitrogens with one attached hydrogen (secondary N) is 3. The third-order valence-electron chi connectivity index (χ3n) is 4.19. The molecule has 7 heteroatoms. The molecule has 0 spiro atoms. The molecular weight excluding hydrogens is 334 g/mol. The maximum Gasteiger partial charge on any atom is 0.326 e. The predicted molar refractivity (Wildman–Crippen MR) is 98.7 cm³/mol. The Balaban J connectivity index is 1.88. The first-order valence-corrected chi connectivity index (χ1v) is 8.85. The molecular formula is C19H25N3O4. The molecule has 1 aromatic carbocycles. The number of hydrogen-bond donors (Lipinski definition) is 4. The number of carbonyl (C=O) groups is 3. The van der Waals surface area contributed by atoms with Crippen molar-refractivity contribution >= 4 is 28.7 Å². The molecule has 1 aromatic heterocycles. The molecule has 0 radical (unpaired) electrons. The van der Waals surface area contributed by atoms with Crippen LogP contribution in [0.15, 0.2) is 30.5 Å². The predicted octanol–water partition coefficient (Wildman–Crippen LogP) is 1.98. The molecule has 1 heterocycles. The molecule has 0 saturated heterocycles. The maximum atomic E-state index is 12.0. The van der Waals surface area contributed by atoms with Gasteiger partial charge in [-0.15, -0.1) is 0 Å². The third kappa shape index (κ3) is 5.61. The Morgan fingerprint density at radius 2 is 1.92 bits per heavy atom. The van der Waals surface area contributed by atoms with Crippen molar-refractivity contribution in [3.63, 3.8) is 0 Å². The van der Waals surface area contributed by atoms with Crippen LogP contribution in [-0.2, 0) is 20.8 Å². The number of fused-ring (bicyclic) bond motifs is 1. The number of benzene rings is 1. The van der Waals surface area contributed by atoms with Crippen molar-refractivity contribution in [3.05, 3.63) is 36.0 Å². The quantitative estimate of drug-likeness (QED) is 0.486. The van der Waals surface area contributed by atoms with E-state index in [0.29, 0.717) is 6.42 Å². The van der Waals surface area contributed by atoms with Gasteiger partial charge in [0.2, 0.25) is 11.8 Å². The van der Waals surface area contributed by atoms with Gasteiger partial charge in [0.25, 0.3) is 0 Å². The highest BCUT2D eigenvalue weighted by atomic mass is 16.4. The van der Waals surface area contributed by atoms with E-state index >= 15 is 0 Å². The lowest BCUT2D eigenvalue weighted by molar-refractivity contribution is -0.141. The molecule has 0 aliphatic rings. The minimum Gasteiger partial charge on any atom is -0.480 e. The number of aromatic amines is 1. The van der Waals surface area contributed by atoms with Crippen LogP contribution in [0.3, 0.4) is 0 Å². The van der Waals surface area contributed by atoms with Crippen LogP contribution in [0.4, 0.5) is 0 Å². The van der Waals surface area contributed by atoms with Crippen molar-refractivity contribution in [2.75, 3.05) is 6.54 Å². The van der Waals surface area contributed by atoms with E-state index in [-0.39, 0.29) is 18.9 Å². The standard InChI is InChI=1S/C19H25N3O4/c1-2-3-4-9-17(23)21-12-18(24)22-16(19(25)26)10-13-11-20-15-8-6-5-7-14(13)15/h5-8,11,16,20H,2-4,9-10,12H2,1H3,(H,21,23)(H,22,24)(H,25,26)/t16-/m0/s1. The molecule has 0 fully saturated rings. The summed E-state index contributed by atoms with van der Waals surface area (Å²) in [7, 11) is 0. The number of rotatable bonds is 10.